The maximum atomic E-state index is 11.9. The predicted octanol–water partition coefficient (Wildman–Crippen LogP) is 3.97. The molecule has 0 aliphatic heterocycles. The van der Waals surface area contributed by atoms with Crippen molar-refractivity contribution in [3.8, 4) is 5.75 Å². The molecule has 0 radical (unpaired) electrons. The number of halogens is 2. The second-order valence-corrected chi connectivity index (χ2v) is 5.51. The number of amides is 2. The van der Waals surface area contributed by atoms with Crippen molar-refractivity contribution in [1.82, 2.24) is 0 Å². The van der Waals surface area contributed by atoms with Gasteiger partial charge in [-0.25, -0.2) is 0 Å². The van der Waals surface area contributed by atoms with Gasteiger partial charge in [0.1, 0.15) is 5.75 Å². The van der Waals surface area contributed by atoms with E-state index in [4.69, 9.17) is 27.9 Å². The number of hydrogen-bond donors (Lipinski definition) is 2. The molecule has 0 saturated heterocycles. The van der Waals surface area contributed by atoms with Gasteiger partial charge in [0.05, 0.1) is 10.7 Å². The summed E-state index contributed by atoms with van der Waals surface area (Å²) in [5, 5.41) is 6.10. The third kappa shape index (κ3) is 5.47. The van der Waals surface area contributed by atoms with Crippen molar-refractivity contribution in [2.75, 3.05) is 17.2 Å². The van der Waals surface area contributed by atoms with Crippen LogP contribution in [-0.4, -0.2) is 18.4 Å². The fourth-order valence-electron chi connectivity index (χ4n) is 1.79. The maximum absolute atomic E-state index is 11.9. The van der Waals surface area contributed by atoms with Gasteiger partial charge in [-0.15, -0.1) is 0 Å². The van der Waals surface area contributed by atoms with Gasteiger partial charge in [0.15, 0.2) is 6.61 Å². The van der Waals surface area contributed by atoms with Crippen molar-refractivity contribution in [3.63, 3.8) is 0 Å². The van der Waals surface area contributed by atoms with Crippen LogP contribution < -0.4 is 15.4 Å². The van der Waals surface area contributed by atoms with E-state index in [2.05, 4.69) is 10.6 Å². The lowest BCUT2D eigenvalue weighted by Crippen LogP contribution is -2.20. The molecule has 120 valence electrons. The number of anilines is 2. The van der Waals surface area contributed by atoms with Crippen molar-refractivity contribution in [2.24, 2.45) is 0 Å². The van der Waals surface area contributed by atoms with E-state index in [9.17, 15) is 9.59 Å². The molecular formula is C16H14Cl2N2O3. The van der Waals surface area contributed by atoms with Crippen LogP contribution in [0, 0.1) is 0 Å². The average molecular weight is 353 g/mol. The maximum Gasteiger partial charge on any atom is 0.262 e. The second-order valence-electron chi connectivity index (χ2n) is 4.67. The average Bonchev–Trinajstić information content (AvgIpc) is 2.48. The Bertz CT molecular complexity index is 735. The highest BCUT2D eigenvalue weighted by atomic mass is 35.5. The molecule has 0 saturated carbocycles. The van der Waals surface area contributed by atoms with E-state index < -0.39 is 0 Å². The van der Waals surface area contributed by atoms with Crippen LogP contribution in [0.3, 0.4) is 0 Å². The first-order valence-corrected chi connectivity index (χ1v) is 7.45. The molecule has 0 aliphatic rings. The molecule has 23 heavy (non-hydrogen) atoms. The minimum atomic E-state index is -0.362. The summed E-state index contributed by atoms with van der Waals surface area (Å²) in [4.78, 5) is 22.9. The highest BCUT2D eigenvalue weighted by Crippen LogP contribution is 2.25. The van der Waals surface area contributed by atoms with E-state index in [1.165, 1.54) is 13.0 Å². The molecule has 0 aromatic heterocycles. The first kappa shape index (κ1) is 17.1. The Hall–Kier alpha value is -2.24. The van der Waals surface area contributed by atoms with Crippen molar-refractivity contribution in [1.29, 1.82) is 0 Å². The van der Waals surface area contributed by atoms with Gasteiger partial charge < -0.3 is 15.4 Å². The van der Waals surface area contributed by atoms with Crippen LogP contribution in [-0.2, 0) is 9.59 Å². The minimum absolute atomic E-state index is 0.183. The topological polar surface area (TPSA) is 67.4 Å². The molecule has 2 N–H and O–H groups in total. The fourth-order valence-corrected chi connectivity index (χ4v) is 2.25. The van der Waals surface area contributed by atoms with E-state index in [1.807, 2.05) is 0 Å². The van der Waals surface area contributed by atoms with Gasteiger partial charge in [-0.1, -0.05) is 29.3 Å². The molecule has 0 unspecified atom stereocenters. The SMILES string of the molecule is CC(=O)Nc1cccc(OCC(=O)Nc2ccc(Cl)cc2Cl)c1. The largest absolute Gasteiger partial charge is 0.484 e. The lowest BCUT2D eigenvalue weighted by atomic mass is 10.3. The number of rotatable bonds is 5. The van der Waals surface area contributed by atoms with E-state index >= 15 is 0 Å². The van der Waals surface area contributed by atoms with Gasteiger partial charge in [-0.05, 0) is 30.3 Å². The summed E-state index contributed by atoms with van der Waals surface area (Å²) in [7, 11) is 0. The highest BCUT2D eigenvalue weighted by molar-refractivity contribution is 6.36. The Labute approximate surface area is 143 Å². The Balaban J connectivity index is 1.92. The van der Waals surface area contributed by atoms with Gasteiger partial charge in [-0.3, -0.25) is 9.59 Å². The number of ether oxygens (including phenoxy) is 1. The molecule has 2 rings (SSSR count). The normalized spacial score (nSPS) is 10.0. The summed E-state index contributed by atoms with van der Waals surface area (Å²) < 4.78 is 5.39. The summed E-state index contributed by atoms with van der Waals surface area (Å²) in [6, 6.07) is 11.5. The molecule has 0 fully saturated rings. The quantitative estimate of drug-likeness (QED) is 0.855. The molecule has 0 bridgehead atoms. The summed E-state index contributed by atoms with van der Waals surface area (Å²) in [6.45, 7) is 1.22. The monoisotopic (exact) mass is 352 g/mol. The summed E-state index contributed by atoms with van der Waals surface area (Å²) in [5.41, 5.74) is 1.05. The third-order valence-corrected chi connectivity index (χ3v) is 3.28. The lowest BCUT2D eigenvalue weighted by molar-refractivity contribution is -0.118. The molecule has 5 nitrogen and oxygen atoms in total. The van der Waals surface area contributed by atoms with E-state index in [-0.39, 0.29) is 18.4 Å². The lowest BCUT2D eigenvalue weighted by Gasteiger charge is -2.10. The second kappa shape index (κ2) is 7.85. The minimum Gasteiger partial charge on any atom is -0.484 e. The number of benzene rings is 2. The van der Waals surface area contributed by atoms with Crippen molar-refractivity contribution in [2.45, 2.75) is 6.92 Å². The van der Waals surface area contributed by atoms with Gasteiger partial charge in [0, 0.05) is 23.7 Å². The van der Waals surface area contributed by atoms with Crippen LogP contribution in [0.15, 0.2) is 42.5 Å². The Morgan fingerprint density at radius 3 is 2.57 bits per heavy atom. The van der Waals surface area contributed by atoms with Crippen molar-refractivity contribution in [3.05, 3.63) is 52.5 Å². The number of carbonyl (C=O) groups excluding carboxylic acids is 2. The summed E-state index contributed by atoms with van der Waals surface area (Å²) in [5.74, 6) is -0.0787. The number of hydrogen-bond acceptors (Lipinski definition) is 3. The standard InChI is InChI=1S/C16H14Cl2N2O3/c1-10(21)19-12-3-2-4-13(8-12)23-9-16(22)20-15-6-5-11(17)7-14(15)18/h2-8H,9H2,1H3,(H,19,21)(H,20,22). The van der Waals surface area contributed by atoms with Crippen LogP contribution >= 0.6 is 23.2 Å². The molecule has 2 aromatic carbocycles. The van der Waals surface area contributed by atoms with Crippen LogP contribution in [0.2, 0.25) is 10.0 Å². The predicted molar refractivity (Wildman–Crippen MR) is 91.3 cm³/mol. The molecule has 0 atom stereocenters. The zero-order chi connectivity index (χ0) is 16.8. The number of nitrogens with one attached hydrogen (secondary N) is 2. The Morgan fingerprint density at radius 2 is 1.87 bits per heavy atom. The highest BCUT2D eigenvalue weighted by Gasteiger charge is 2.08. The number of carbonyl (C=O) groups is 2. The molecule has 7 heteroatoms. The first-order valence-electron chi connectivity index (χ1n) is 6.69. The molecular weight excluding hydrogens is 339 g/mol. The van der Waals surface area contributed by atoms with Crippen molar-refractivity contribution >= 4 is 46.4 Å². The molecule has 2 aromatic rings. The van der Waals surface area contributed by atoms with Crippen LogP contribution in [0.1, 0.15) is 6.92 Å². The third-order valence-electron chi connectivity index (χ3n) is 2.73. The van der Waals surface area contributed by atoms with E-state index in [0.29, 0.717) is 27.2 Å². The molecule has 0 aliphatic carbocycles. The summed E-state index contributed by atoms with van der Waals surface area (Å²) in [6.07, 6.45) is 0. The van der Waals surface area contributed by atoms with Gasteiger partial charge in [0.2, 0.25) is 5.91 Å². The first-order chi connectivity index (χ1) is 10.9. The van der Waals surface area contributed by atoms with Crippen molar-refractivity contribution < 1.29 is 14.3 Å². The van der Waals surface area contributed by atoms with Gasteiger partial charge in [0.25, 0.3) is 5.91 Å². The van der Waals surface area contributed by atoms with Crippen LogP contribution in [0.4, 0.5) is 11.4 Å². The van der Waals surface area contributed by atoms with E-state index in [0.717, 1.165) is 0 Å². The van der Waals surface area contributed by atoms with E-state index in [1.54, 1.807) is 36.4 Å². The van der Waals surface area contributed by atoms with Gasteiger partial charge in [-0.2, -0.15) is 0 Å². The smallest absolute Gasteiger partial charge is 0.262 e. The Morgan fingerprint density at radius 1 is 1.09 bits per heavy atom. The van der Waals surface area contributed by atoms with Gasteiger partial charge >= 0.3 is 0 Å². The molecule has 2 amide bonds. The van der Waals surface area contributed by atoms with Crippen LogP contribution in [0.25, 0.3) is 0 Å². The van der Waals surface area contributed by atoms with Crippen LogP contribution in [0.5, 0.6) is 5.75 Å². The summed E-state index contributed by atoms with van der Waals surface area (Å²) >= 11 is 11.8. The molecule has 0 heterocycles. The molecule has 0 spiro atoms. The zero-order valence-corrected chi connectivity index (χ0v) is 13.7. The fraction of sp³-hybridized carbons (Fsp3) is 0.125. The zero-order valence-electron chi connectivity index (χ0n) is 12.2. The Kier molecular flexibility index (Phi) is 5.84.